The number of anilines is 1. The molecular weight excluding hydrogens is 419 g/mol. The topological polar surface area (TPSA) is 106 Å². The number of carbonyl (C=O) groups excluding carboxylic acids is 1. The molecule has 2 aromatic rings. The molecule has 1 aliphatic heterocycles. The Morgan fingerprint density at radius 3 is 2.62 bits per heavy atom. The Balaban J connectivity index is 1.73. The van der Waals surface area contributed by atoms with Crippen molar-refractivity contribution in [2.45, 2.75) is 6.04 Å². The molecule has 0 aromatic heterocycles. The molecule has 0 radical (unpaired) electrons. The Kier molecular flexibility index (Phi) is 8.48. The summed E-state index contributed by atoms with van der Waals surface area (Å²) in [6, 6.07) is 10.3. The van der Waals surface area contributed by atoms with Gasteiger partial charge in [-0.15, -0.1) is 0 Å². The summed E-state index contributed by atoms with van der Waals surface area (Å²) >= 11 is 0. The zero-order valence-electron chi connectivity index (χ0n) is 17.9. The van der Waals surface area contributed by atoms with Gasteiger partial charge in [0.15, 0.2) is 0 Å². The molecule has 1 heterocycles. The second kappa shape index (κ2) is 11.5. The first kappa shape index (κ1) is 23.6. The van der Waals surface area contributed by atoms with E-state index >= 15 is 0 Å². The van der Waals surface area contributed by atoms with Crippen molar-refractivity contribution in [1.82, 2.24) is 10.2 Å². The number of nitrogens with one attached hydrogen (secondary N) is 2. The molecule has 1 aliphatic rings. The first-order valence-electron chi connectivity index (χ1n) is 10.4. The number of nitrogens with zero attached hydrogens (tertiary/aromatic N) is 2. The van der Waals surface area contributed by atoms with Crippen LogP contribution in [0.3, 0.4) is 0 Å². The Labute approximate surface area is 185 Å². The van der Waals surface area contributed by atoms with Gasteiger partial charge in [0.05, 0.1) is 30.8 Å². The molecule has 9 nitrogen and oxygen atoms in total. The fraction of sp³-hybridized carbons (Fsp3) is 0.409. The predicted octanol–water partition coefficient (Wildman–Crippen LogP) is 2.60. The molecule has 1 saturated heterocycles. The van der Waals surface area contributed by atoms with E-state index < -0.39 is 10.8 Å². The normalized spacial score (nSPS) is 15.2. The van der Waals surface area contributed by atoms with Crippen molar-refractivity contribution in [1.29, 1.82) is 0 Å². The van der Waals surface area contributed by atoms with Crippen molar-refractivity contribution >= 4 is 17.3 Å². The molecule has 0 saturated carbocycles. The molecule has 2 N–H and O–H groups in total. The first-order chi connectivity index (χ1) is 15.5. The third kappa shape index (κ3) is 6.22. The van der Waals surface area contributed by atoms with Crippen molar-refractivity contribution in [2.75, 3.05) is 58.4 Å². The van der Waals surface area contributed by atoms with Crippen molar-refractivity contribution in [3.63, 3.8) is 0 Å². The molecule has 0 aliphatic carbocycles. The summed E-state index contributed by atoms with van der Waals surface area (Å²) in [6.07, 6.45) is 0. The van der Waals surface area contributed by atoms with Crippen LogP contribution in [-0.4, -0.2) is 68.8 Å². The maximum Gasteiger partial charge on any atom is 0.293 e. The van der Waals surface area contributed by atoms with Crippen LogP contribution < -0.4 is 10.6 Å². The minimum absolute atomic E-state index is 0.173. The van der Waals surface area contributed by atoms with E-state index in [1.165, 1.54) is 24.3 Å². The predicted molar refractivity (Wildman–Crippen MR) is 117 cm³/mol. The first-order valence-corrected chi connectivity index (χ1v) is 10.4. The van der Waals surface area contributed by atoms with E-state index in [1.807, 2.05) is 0 Å². The summed E-state index contributed by atoms with van der Waals surface area (Å²) in [5.74, 6) is -0.748. The lowest BCUT2D eigenvalue weighted by Gasteiger charge is -2.35. The van der Waals surface area contributed by atoms with Crippen LogP contribution in [-0.2, 0) is 9.47 Å². The van der Waals surface area contributed by atoms with Gasteiger partial charge in [-0.25, -0.2) is 4.39 Å². The number of benzene rings is 2. The minimum Gasteiger partial charge on any atom is -0.383 e. The van der Waals surface area contributed by atoms with Crippen LogP contribution in [0.4, 0.5) is 15.8 Å². The van der Waals surface area contributed by atoms with Crippen LogP contribution in [0.1, 0.15) is 22.0 Å². The van der Waals surface area contributed by atoms with Crippen LogP contribution in [0.5, 0.6) is 0 Å². The third-order valence-corrected chi connectivity index (χ3v) is 5.28. The van der Waals surface area contributed by atoms with E-state index in [9.17, 15) is 19.3 Å². The summed E-state index contributed by atoms with van der Waals surface area (Å²) in [5, 5.41) is 17.3. The quantitative estimate of drug-likeness (QED) is 0.328. The van der Waals surface area contributed by atoms with Gasteiger partial charge in [0.1, 0.15) is 11.5 Å². The number of nitro benzene ring substituents is 1. The van der Waals surface area contributed by atoms with E-state index in [1.54, 1.807) is 25.3 Å². The second-order valence-corrected chi connectivity index (χ2v) is 7.33. The van der Waals surface area contributed by atoms with Crippen LogP contribution in [0.15, 0.2) is 42.5 Å². The molecule has 1 amide bonds. The number of hydrogen-bond acceptors (Lipinski definition) is 7. The van der Waals surface area contributed by atoms with Crippen LogP contribution in [0.2, 0.25) is 0 Å². The number of carbonyl (C=O) groups is 1. The highest BCUT2D eigenvalue weighted by Crippen LogP contribution is 2.26. The third-order valence-electron chi connectivity index (χ3n) is 5.28. The Bertz CT molecular complexity index is 919. The maximum atomic E-state index is 13.4. The van der Waals surface area contributed by atoms with Crippen LogP contribution in [0, 0.1) is 15.9 Å². The van der Waals surface area contributed by atoms with Gasteiger partial charge < -0.3 is 20.1 Å². The molecule has 0 spiro atoms. The Morgan fingerprint density at radius 2 is 1.97 bits per heavy atom. The lowest BCUT2D eigenvalue weighted by molar-refractivity contribution is -0.384. The largest absolute Gasteiger partial charge is 0.383 e. The average Bonchev–Trinajstić information content (AvgIpc) is 2.81. The fourth-order valence-electron chi connectivity index (χ4n) is 3.58. The smallest absolute Gasteiger partial charge is 0.293 e. The van der Waals surface area contributed by atoms with Crippen molar-refractivity contribution in [3.05, 3.63) is 69.5 Å². The van der Waals surface area contributed by atoms with E-state index in [2.05, 4.69) is 15.5 Å². The van der Waals surface area contributed by atoms with Crippen molar-refractivity contribution in [2.24, 2.45) is 0 Å². The summed E-state index contributed by atoms with van der Waals surface area (Å²) in [6.45, 7) is 3.60. The van der Waals surface area contributed by atoms with Gasteiger partial charge in [-0.3, -0.25) is 19.8 Å². The number of rotatable bonds is 10. The Morgan fingerprint density at radius 1 is 1.25 bits per heavy atom. The molecule has 32 heavy (non-hydrogen) atoms. The van der Waals surface area contributed by atoms with E-state index in [0.29, 0.717) is 45.1 Å². The van der Waals surface area contributed by atoms with Crippen molar-refractivity contribution < 1.29 is 23.6 Å². The van der Waals surface area contributed by atoms with Gasteiger partial charge in [0.25, 0.3) is 11.6 Å². The molecule has 0 bridgehead atoms. The number of methoxy groups -OCH3 is 1. The number of morpholine rings is 1. The molecular formula is C22H27FN4O5. The van der Waals surface area contributed by atoms with Gasteiger partial charge in [-0.1, -0.05) is 12.1 Å². The van der Waals surface area contributed by atoms with Gasteiger partial charge in [-0.05, 0) is 29.8 Å². The zero-order valence-corrected chi connectivity index (χ0v) is 17.9. The number of nitro groups is 1. The highest BCUT2D eigenvalue weighted by molar-refractivity contribution is 5.95. The minimum atomic E-state index is -0.527. The van der Waals surface area contributed by atoms with E-state index in [-0.39, 0.29) is 29.7 Å². The van der Waals surface area contributed by atoms with E-state index in [4.69, 9.17) is 9.47 Å². The summed E-state index contributed by atoms with van der Waals surface area (Å²) in [5.41, 5.74) is 1.20. The molecule has 1 fully saturated rings. The Hall–Kier alpha value is -3.08. The van der Waals surface area contributed by atoms with Gasteiger partial charge in [0, 0.05) is 44.9 Å². The second-order valence-electron chi connectivity index (χ2n) is 7.33. The molecule has 2 aromatic carbocycles. The van der Waals surface area contributed by atoms with Crippen LogP contribution in [0.25, 0.3) is 0 Å². The fourth-order valence-corrected chi connectivity index (χ4v) is 3.58. The lowest BCUT2D eigenvalue weighted by atomic mass is 10.0. The molecule has 172 valence electrons. The van der Waals surface area contributed by atoms with E-state index in [0.717, 1.165) is 5.56 Å². The number of ether oxygens (including phenoxy) is 2. The molecule has 3 rings (SSSR count). The summed E-state index contributed by atoms with van der Waals surface area (Å²) in [4.78, 5) is 25.9. The standard InChI is InChI=1S/C22H27FN4O5/c1-31-11-8-24-19-7-4-17(14-20(19)27(29)30)22(28)25-15-21(26-9-12-32-13-10-26)16-2-5-18(23)6-3-16/h2-7,14,21,24H,8-13,15H2,1H3,(H,25,28). The summed E-state index contributed by atoms with van der Waals surface area (Å²) in [7, 11) is 1.54. The highest BCUT2D eigenvalue weighted by atomic mass is 19.1. The van der Waals surface area contributed by atoms with Crippen LogP contribution >= 0.6 is 0 Å². The number of hydrogen-bond donors (Lipinski definition) is 2. The zero-order chi connectivity index (χ0) is 22.9. The average molecular weight is 446 g/mol. The highest BCUT2D eigenvalue weighted by Gasteiger charge is 2.24. The lowest BCUT2D eigenvalue weighted by Crippen LogP contribution is -2.43. The molecule has 1 unspecified atom stereocenters. The van der Waals surface area contributed by atoms with Gasteiger partial charge in [0.2, 0.25) is 0 Å². The van der Waals surface area contributed by atoms with Crippen molar-refractivity contribution in [3.8, 4) is 0 Å². The molecule has 1 atom stereocenters. The molecule has 10 heteroatoms. The maximum absolute atomic E-state index is 13.4. The van der Waals surface area contributed by atoms with Gasteiger partial charge in [-0.2, -0.15) is 0 Å². The van der Waals surface area contributed by atoms with Gasteiger partial charge >= 0.3 is 0 Å². The summed E-state index contributed by atoms with van der Waals surface area (Å²) < 4.78 is 23.7. The SMILES string of the molecule is COCCNc1ccc(C(=O)NCC(c2ccc(F)cc2)N2CCOCC2)cc1[N+](=O)[O-]. The monoisotopic (exact) mass is 446 g/mol. The number of halogens is 1. The number of amides is 1.